The third-order valence-corrected chi connectivity index (χ3v) is 2.38. The zero-order chi connectivity index (χ0) is 13.3. The Balaban J connectivity index is 4.12. The lowest BCUT2D eigenvalue weighted by Crippen LogP contribution is -2.17. The van der Waals surface area contributed by atoms with Crippen LogP contribution >= 0.6 is 0 Å². The van der Waals surface area contributed by atoms with E-state index in [1.165, 1.54) is 6.42 Å². The van der Waals surface area contributed by atoms with Crippen LogP contribution in [0.5, 0.6) is 0 Å². The Morgan fingerprint density at radius 1 is 1.24 bits per heavy atom. The highest BCUT2D eigenvalue weighted by Crippen LogP contribution is 2.05. The van der Waals surface area contributed by atoms with Crippen molar-refractivity contribution in [3.05, 3.63) is 0 Å². The van der Waals surface area contributed by atoms with E-state index in [0.29, 0.717) is 11.8 Å². The molecule has 0 bridgehead atoms. The molecule has 0 aliphatic heterocycles. The van der Waals surface area contributed by atoms with Crippen molar-refractivity contribution in [2.45, 2.75) is 60.3 Å². The van der Waals surface area contributed by atoms with Crippen molar-refractivity contribution in [3.8, 4) is 0 Å². The van der Waals surface area contributed by atoms with Crippen LogP contribution in [0.2, 0.25) is 0 Å². The largest absolute Gasteiger partial charge is 0.412 e. The van der Waals surface area contributed by atoms with Crippen molar-refractivity contribution in [2.75, 3.05) is 6.54 Å². The highest BCUT2D eigenvalue weighted by molar-refractivity contribution is 5.89. The standard InChI is InChI=1S/C14H27NO2/c1-6-8-13(17-14(16)12(4)5)15-10-7-9-11(2)3/h11-12H,6-10H2,1-5H3. The maximum absolute atomic E-state index is 11.5. The molecule has 0 N–H and O–H groups in total. The van der Waals surface area contributed by atoms with E-state index >= 15 is 0 Å². The number of hydrogen-bond acceptors (Lipinski definition) is 3. The summed E-state index contributed by atoms with van der Waals surface area (Å²) in [5, 5.41) is 0. The summed E-state index contributed by atoms with van der Waals surface area (Å²) in [6.07, 6.45) is 3.93. The second kappa shape index (κ2) is 9.20. The van der Waals surface area contributed by atoms with Gasteiger partial charge < -0.3 is 4.74 Å². The minimum Gasteiger partial charge on any atom is -0.412 e. The number of aliphatic imine (C=N–C) groups is 1. The van der Waals surface area contributed by atoms with Gasteiger partial charge in [0.2, 0.25) is 0 Å². The van der Waals surface area contributed by atoms with E-state index < -0.39 is 0 Å². The molecule has 0 saturated carbocycles. The lowest BCUT2D eigenvalue weighted by atomic mass is 10.1. The second-order valence-electron chi connectivity index (χ2n) is 5.14. The minimum atomic E-state index is -0.180. The van der Waals surface area contributed by atoms with Crippen LogP contribution in [0, 0.1) is 11.8 Å². The summed E-state index contributed by atoms with van der Waals surface area (Å²) in [6.45, 7) is 10.9. The molecule has 100 valence electrons. The van der Waals surface area contributed by atoms with E-state index in [0.717, 1.165) is 25.8 Å². The molecule has 0 atom stereocenters. The summed E-state index contributed by atoms with van der Waals surface area (Å²) in [5.41, 5.74) is 0. The minimum absolute atomic E-state index is 0.0901. The summed E-state index contributed by atoms with van der Waals surface area (Å²) in [5.74, 6) is 1.04. The first kappa shape index (κ1) is 16.1. The maximum Gasteiger partial charge on any atom is 0.314 e. The fraction of sp³-hybridized carbons (Fsp3) is 0.857. The number of carbonyl (C=O) groups is 1. The first-order chi connectivity index (χ1) is 7.97. The van der Waals surface area contributed by atoms with E-state index in [1.54, 1.807) is 0 Å². The van der Waals surface area contributed by atoms with Gasteiger partial charge in [-0.3, -0.25) is 9.79 Å². The Kier molecular flexibility index (Phi) is 8.73. The van der Waals surface area contributed by atoms with Gasteiger partial charge in [-0.1, -0.05) is 34.6 Å². The maximum atomic E-state index is 11.5. The molecule has 0 rings (SSSR count). The number of rotatable bonds is 7. The van der Waals surface area contributed by atoms with Gasteiger partial charge in [0.1, 0.15) is 0 Å². The van der Waals surface area contributed by atoms with Crippen LogP contribution in [0.3, 0.4) is 0 Å². The summed E-state index contributed by atoms with van der Waals surface area (Å²) >= 11 is 0. The molecule has 0 spiro atoms. The van der Waals surface area contributed by atoms with Crippen molar-refractivity contribution in [2.24, 2.45) is 16.8 Å². The van der Waals surface area contributed by atoms with Crippen molar-refractivity contribution in [1.29, 1.82) is 0 Å². The molecule has 3 nitrogen and oxygen atoms in total. The molecule has 0 aliphatic carbocycles. The Morgan fingerprint density at radius 3 is 2.35 bits per heavy atom. The fourth-order valence-corrected chi connectivity index (χ4v) is 1.31. The molecule has 0 aromatic rings. The van der Waals surface area contributed by atoms with Crippen LogP contribution in [0.25, 0.3) is 0 Å². The van der Waals surface area contributed by atoms with Crippen LogP contribution < -0.4 is 0 Å². The van der Waals surface area contributed by atoms with Gasteiger partial charge in [-0.25, -0.2) is 0 Å². The van der Waals surface area contributed by atoms with Crippen LogP contribution in [-0.2, 0) is 9.53 Å². The van der Waals surface area contributed by atoms with Crippen molar-refractivity contribution in [3.63, 3.8) is 0 Å². The van der Waals surface area contributed by atoms with Gasteiger partial charge in [-0.05, 0) is 25.2 Å². The summed E-state index contributed by atoms with van der Waals surface area (Å²) < 4.78 is 5.27. The van der Waals surface area contributed by atoms with E-state index in [9.17, 15) is 4.79 Å². The van der Waals surface area contributed by atoms with E-state index in [-0.39, 0.29) is 11.9 Å². The molecule has 0 aromatic carbocycles. The number of ether oxygens (including phenoxy) is 1. The third kappa shape index (κ3) is 8.90. The number of carbonyl (C=O) groups excluding carboxylic acids is 1. The van der Waals surface area contributed by atoms with Gasteiger partial charge in [0.05, 0.1) is 5.92 Å². The lowest BCUT2D eigenvalue weighted by molar-refractivity contribution is -0.139. The predicted octanol–water partition coefficient (Wildman–Crippen LogP) is 3.82. The van der Waals surface area contributed by atoms with Crippen molar-refractivity contribution in [1.82, 2.24) is 0 Å². The number of hydrogen-bond donors (Lipinski definition) is 0. The molecule has 0 radical (unpaired) electrons. The van der Waals surface area contributed by atoms with Gasteiger partial charge in [-0.2, -0.15) is 0 Å². The van der Waals surface area contributed by atoms with Crippen LogP contribution in [0.1, 0.15) is 60.3 Å². The molecule has 0 unspecified atom stereocenters. The average Bonchev–Trinajstić information content (AvgIpc) is 2.23. The van der Waals surface area contributed by atoms with Crippen LogP contribution in [0.15, 0.2) is 4.99 Å². The first-order valence-corrected chi connectivity index (χ1v) is 6.72. The quantitative estimate of drug-likeness (QED) is 0.294. The monoisotopic (exact) mass is 241 g/mol. The Hall–Kier alpha value is -0.860. The second-order valence-corrected chi connectivity index (χ2v) is 5.14. The topological polar surface area (TPSA) is 38.7 Å². The van der Waals surface area contributed by atoms with Gasteiger partial charge in [0, 0.05) is 13.0 Å². The fourth-order valence-electron chi connectivity index (χ4n) is 1.31. The van der Waals surface area contributed by atoms with Crippen molar-refractivity contribution < 1.29 is 9.53 Å². The van der Waals surface area contributed by atoms with Gasteiger partial charge in [-0.15, -0.1) is 0 Å². The summed E-state index contributed by atoms with van der Waals surface area (Å²) in [6, 6.07) is 0. The average molecular weight is 241 g/mol. The SMILES string of the molecule is CCCC(=NCCCC(C)C)OC(=O)C(C)C. The Labute approximate surface area is 106 Å². The number of esters is 1. The molecule has 0 fully saturated rings. The van der Waals surface area contributed by atoms with Crippen molar-refractivity contribution >= 4 is 11.9 Å². The molecule has 17 heavy (non-hydrogen) atoms. The normalized spacial score (nSPS) is 12.3. The molecule has 0 aromatic heterocycles. The van der Waals surface area contributed by atoms with Crippen LogP contribution in [0.4, 0.5) is 0 Å². The van der Waals surface area contributed by atoms with E-state index in [1.807, 2.05) is 13.8 Å². The zero-order valence-corrected chi connectivity index (χ0v) is 12.0. The van der Waals surface area contributed by atoms with E-state index in [2.05, 4.69) is 25.8 Å². The summed E-state index contributed by atoms with van der Waals surface area (Å²) in [4.78, 5) is 15.8. The Bertz CT molecular complexity index is 245. The molecule has 0 heterocycles. The first-order valence-electron chi connectivity index (χ1n) is 6.72. The van der Waals surface area contributed by atoms with Crippen LogP contribution in [-0.4, -0.2) is 18.4 Å². The highest BCUT2D eigenvalue weighted by atomic mass is 16.5. The third-order valence-electron chi connectivity index (χ3n) is 2.38. The Morgan fingerprint density at radius 2 is 1.88 bits per heavy atom. The summed E-state index contributed by atoms with van der Waals surface area (Å²) in [7, 11) is 0. The molecule has 0 aliphatic rings. The van der Waals surface area contributed by atoms with Gasteiger partial charge in [0.25, 0.3) is 0 Å². The highest BCUT2D eigenvalue weighted by Gasteiger charge is 2.11. The molecule has 3 heteroatoms. The molecule has 0 saturated heterocycles. The lowest BCUT2D eigenvalue weighted by Gasteiger charge is -2.09. The van der Waals surface area contributed by atoms with Gasteiger partial charge >= 0.3 is 5.97 Å². The number of nitrogens with zero attached hydrogens (tertiary/aromatic N) is 1. The van der Waals surface area contributed by atoms with E-state index in [4.69, 9.17) is 4.74 Å². The molecular weight excluding hydrogens is 214 g/mol. The zero-order valence-electron chi connectivity index (χ0n) is 12.0. The predicted molar refractivity (Wildman–Crippen MR) is 72.2 cm³/mol. The van der Waals surface area contributed by atoms with Gasteiger partial charge in [0.15, 0.2) is 5.90 Å². The molecular formula is C14H27NO2. The molecule has 0 amide bonds. The smallest absolute Gasteiger partial charge is 0.314 e.